The van der Waals surface area contributed by atoms with Crippen LogP contribution in [-0.2, 0) is 13.2 Å². The molecule has 0 aliphatic rings. The molecule has 0 spiro atoms. The number of aryl methyl sites for hydroxylation is 1. The van der Waals surface area contributed by atoms with Crippen LogP contribution in [0.3, 0.4) is 0 Å². The Kier molecular flexibility index (Phi) is 4.78. The minimum Gasteiger partial charge on any atom is -0.452 e. The molecule has 0 bridgehead atoms. The first-order chi connectivity index (χ1) is 12.3. The molecule has 26 heavy (non-hydrogen) atoms. The zero-order chi connectivity index (χ0) is 18.9. The highest BCUT2D eigenvalue weighted by Gasteiger charge is 2.33. The normalized spacial score (nSPS) is 11.4. The van der Waals surface area contributed by atoms with Gasteiger partial charge >= 0.3 is 6.18 Å². The van der Waals surface area contributed by atoms with Crippen LogP contribution in [0.4, 0.5) is 13.2 Å². The maximum Gasteiger partial charge on any atom is 0.417 e. The molecule has 2 aromatic carbocycles. The summed E-state index contributed by atoms with van der Waals surface area (Å²) in [5, 5.41) is -0.422. The van der Waals surface area contributed by atoms with Gasteiger partial charge in [0.25, 0.3) is 0 Å². The molecule has 1 aromatic heterocycles. The van der Waals surface area contributed by atoms with E-state index in [9.17, 15) is 18.0 Å². The van der Waals surface area contributed by atoms with Gasteiger partial charge in [0.05, 0.1) is 16.8 Å². The molecule has 0 aliphatic heterocycles. The summed E-state index contributed by atoms with van der Waals surface area (Å²) >= 11 is 5.65. The standard InChI is InChI=1S/C19H13ClF3NO2/c1-24-10-14(12-7-8-16(20)15(9-12)19(21,22)23)18(25)17(11-24)26-13-5-3-2-4-6-13/h2-11H,1H3. The van der Waals surface area contributed by atoms with Gasteiger partial charge in [0.2, 0.25) is 5.43 Å². The Morgan fingerprint density at radius 1 is 1.04 bits per heavy atom. The molecule has 0 N–H and O–H groups in total. The van der Waals surface area contributed by atoms with Crippen molar-refractivity contribution in [2.75, 3.05) is 0 Å². The average molecular weight is 380 g/mol. The van der Waals surface area contributed by atoms with E-state index in [2.05, 4.69) is 0 Å². The van der Waals surface area contributed by atoms with Crippen molar-refractivity contribution in [1.29, 1.82) is 0 Å². The van der Waals surface area contributed by atoms with E-state index >= 15 is 0 Å². The van der Waals surface area contributed by atoms with Gasteiger partial charge in [-0.25, -0.2) is 0 Å². The summed E-state index contributed by atoms with van der Waals surface area (Å²) in [4.78, 5) is 12.7. The second-order valence-corrected chi connectivity index (χ2v) is 6.05. The van der Waals surface area contributed by atoms with Crippen LogP contribution in [0.5, 0.6) is 11.5 Å². The Bertz CT molecular complexity index is 998. The Labute approximate surface area is 152 Å². The highest BCUT2D eigenvalue weighted by molar-refractivity contribution is 6.31. The van der Waals surface area contributed by atoms with Gasteiger partial charge in [0.15, 0.2) is 5.75 Å². The first-order valence-corrected chi connectivity index (χ1v) is 7.94. The largest absolute Gasteiger partial charge is 0.452 e. The molecule has 0 radical (unpaired) electrons. The predicted octanol–water partition coefficient (Wildman–Crippen LogP) is 5.52. The van der Waals surface area contributed by atoms with E-state index in [4.69, 9.17) is 16.3 Å². The topological polar surface area (TPSA) is 31.2 Å². The molecular formula is C19H13ClF3NO2. The molecule has 0 saturated carbocycles. The smallest absolute Gasteiger partial charge is 0.417 e. The summed E-state index contributed by atoms with van der Waals surface area (Å²) in [6, 6.07) is 12.0. The lowest BCUT2D eigenvalue weighted by Crippen LogP contribution is -2.12. The summed E-state index contributed by atoms with van der Waals surface area (Å²) in [5.74, 6) is 0.466. The summed E-state index contributed by atoms with van der Waals surface area (Å²) in [6.45, 7) is 0. The number of benzene rings is 2. The molecule has 0 saturated heterocycles. The number of hydrogen-bond donors (Lipinski definition) is 0. The fraction of sp³-hybridized carbons (Fsp3) is 0.105. The quantitative estimate of drug-likeness (QED) is 0.600. The molecule has 134 valence electrons. The van der Waals surface area contributed by atoms with E-state index < -0.39 is 22.2 Å². The van der Waals surface area contributed by atoms with Crippen molar-refractivity contribution in [2.24, 2.45) is 7.05 Å². The Hall–Kier alpha value is -2.73. The maximum atomic E-state index is 13.1. The Morgan fingerprint density at radius 2 is 1.73 bits per heavy atom. The van der Waals surface area contributed by atoms with Crippen molar-refractivity contribution < 1.29 is 17.9 Å². The molecule has 0 aliphatic carbocycles. The van der Waals surface area contributed by atoms with Crippen molar-refractivity contribution >= 4 is 11.6 Å². The number of para-hydroxylation sites is 1. The summed E-state index contributed by atoms with van der Waals surface area (Å²) in [6.07, 6.45) is -1.69. The molecule has 3 nitrogen and oxygen atoms in total. The van der Waals surface area contributed by atoms with E-state index in [1.165, 1.54) is 18.5 Å². The molecule has 0 amide bonds. The SMILES string of the molecule is Cn1cc(Oc2ccccc2)c(=O)c(-c2ccc(Cl)c(C(F)(F)F)c2)c1. The zero-order valence-electron chi connectivity index (χ0n) is 13.5. The highest BCUT2D eigenvalue weighted by Crippen LogP contribution is 2.37. The van der Waals surface area contributed by atoms with Gasteiger partial charge < -0.3 is 9.30 Å². The average Bonchev–Trinajstić information content (AvgIpc) is 2.58. The van der Waals surface area contributed by atoms with Crippen LogP contribution in [0.25, 0.3) is 11.1 Å². The van der Waals surface area contributed by atoms with Crippen LogP contribution >= 0.6 is 11.6 Å². The van der Waals surface area contributed by atoms with Crippen molar-refractivity contribution in [3.8, 4) is 22.6 Å². The van der Waals surface area contributed by atoms with E-state index in [1.807, 2.05) is 0 Å². The molecule has 0 fully saturated rings. The van der Waals surface area contributed by atoms with Crippen LogP contribution in [0.1, 0.15) is 5.56 Å². The molecular weight excluding hydrogens is 367 g/mol. The number of halogens is 4. The lowest BCUT2D eigenvalue weighted by molar-refractivity contribution is -0.137. The second kappa shape index (κ2) is 6.88. The van der Waals surface area contributed by atoms with Crippen LogP contribution in [0.2, 0.25) is 5.02 Å². The number of ether oxygens (including phenoxy) is 1. The van der Waals surface area contributed by atoms with Crippen LogP contribution in [0, 0.1) is 0 Å². The fourth-order valence-corrected chi connectivity index (χ4v) is 2.70. The molecule has 0 atom stereocenters. The van der Waals surface area contributed by atoms with Crippen molar-refractivity contribution in [3.05, 3.63) is 81.7 Å². The minimum absolute atomic E-state index is 0.0136. The van der Waals surface area contributed by atoms with Crippen LogP contribution < -0.4 is 10.2 Å². The van der Waals surface area contributed by atoms with E-state index in [0.717, 1.165) is 12.1 Å². The van der Waals surface area contributed by atoms with Gasteiger partial charge in [0.1, 0.15) is 5.75 Å². The monoisotopic (exact) mass is 379 g/mol. The van der Waals surface area contributed by atoms with E-state index in [0.29, 0.717) is 5.75 Å². The van der Waals surface area contributed by atoms with Gasteiger partial charge in [-0.15, -0.1) is 0 Å². The molecule has 3 rings (SSSR count). The van der Waals surface area contributed by atoms with Gasteiger partial charge in [-0.1, -0.05) is 35.9 Å². The molecule has 1 heterocycles. The maximum absolute atomic E-state index is 13.1. The predicted molar refractivity (Wildman–Crippen MR) is 93.6 cm³/mol. The number of rotatable bonds is 3. The van der Waals surface area contributed by atoms with Gasteiger partial charge in [-0.05, 0) is 29.8 Å². The third-order valence-corrected chi connectivity index (χ3v) is 4.01. The summed E-state index contributed by atoms with van der Waals surface area (Å²) in [7, 11) is 1.65. The van der Waals surface area contributed by atoms with Crippen molar-refractivity contribution in [3.63, 3.8) is 0 Å². The highest BCUT2D eigenvalue weighted by atomic mass is 35.5. The van der Waals surface area contributed by atoms with Crippen molar-refractivity contribution in [2.45, 2.75) is 6.18 Å². The number of aromatic nitrogens is 1. The zero-order valence-corrected chi connectivity index (χ0v) is 14.3. The number of hydrogen-bond acceptors (Lipinski definition) is 2. The first kappa shape index (κ1) is 18.1. The third-order valence-electron chi connectivity index (χ3n) is 3.68. The first-order valence-electron chi connectivity index (χ1n) is 7.56. The lowest BCUT2D eigenvalue weighted by atomic mass is 10.0. The fourth-order valence-electron chi connectivity index (χ4n) is 2.48. The van der Waals surface area contributed by atoms with Crippen LogP contribution in [0.15, 0.2) is 65.7 Å². The third kappa shape index (κ3) is 3.75. The Morgan fingerprint density at radius 3 is 2.38 bits per heavy atom. The minimum atomic E-state index is -4.61. The van der Waals surface area contributed by atoms with E-state index in [1.54, 1.807) is 41.9 Å². The lowest BCUT2D eigenvalue weighted by Gasteiger charge is -2.13. The Balaban J connectivity index is 2.11. The number of pyridine rings is 1. The van der Waals surface area contributed by atoms with Gasteiger partial charge in [0, 0.05) is 18.8 Å². The van der Waals surface area contributed by atoms with Crippen molar-refractivity contribution in [1.82, 2.24) is 4.57 Å². The number of alkyl halides is 3. The second-order valence-electron chi connectivity index (χ2n) is 5.64. The number of nitrogens with zero attached hydrogens (tertiary/aromatic N) is 1. The summed E-state index contributed by atoms with van der Waals surface area (Å²) in [5.41, 5.74) is -1.31. The molecule has 3 aromatic rings. The van der Waals surface area contributed by atoms with E-state index in [-0.39, 0.29) is 16.9 Å². The molecule has 0 unspecified atom stereocenters. The molecule has 7 heteroatoms. The van der Waals surface area contributed by atoms with Gasteiger partial charge in [-0.3, -0.25) is 4.79 Å². The van der Waals surface area contributed by atoms with Gasteiger partial charge in [-0.2, -0.15) is 13.2 Å². The van der Waals surface area contributed by atoms with Crippen LogP contribution in [-0.4, -0.2) is 4.57 Å². The summed E-state index contributed by atoms with van der Waals surface area (Å²) < 4.78 is 46.4.